The van der Waals surface area contributed by atoms with Gasteiger partial charge in [0.1, 0.15) is 11.1 Å². The molecule has 0 saturated carbocycles. The Bertz CT molecular complexity index is 421. The van der Waals surface area contributed by atoms with Crippen molar-refractivity contribution in [3.8, 4) is 0 Å². The van der Waals surface area contributed by atoms with Crippen LogP contribution in [0.5, 0.6) is 0 Å². The van der Waals surface area contributed by atoms with Crippen molar-refractivity contribution in [2.45, 2.75) is 39.2 Å². The van der Waals surface area contributed by atoms with Crippen LogP contribution in [0.2, 0.25) is 0 Å². The summed E-state index contributed by atoms with van der Waals surface area (Å²) in [7, 11) is -0.247. The maximum atomic E-state index is 5.79. The number of nitrogens with zero attached hydrogens (tertiary/aromatic N) is 1. The van der Waals surface area contributed by atoms with Crippen LogP contribution in [0.15, 0.2) is 6.20 Å². The molecule has 1 atom stereocenters. The Kier molecular flexibility index (Phi) is 3.94. The molecule has 0 bridgehead atoms. The standard InChI is InChI=1S/C13H20BNO3S/c1-13(2)8-17-14(18-9-13)11-7-15-12(19-11)10-5-3-4-6-16-10/h7,10H,3-6,8-9H2,1-2H3. The maximum absolute atomic E-state index is 5.79. The largest absolute Gasteiger partial charge is 0.506 e. The van der Waals surface area contributed by atoms with Crippen LogP contribution in [0.3, 0.4) is 0 Å². The molecule has 0 radical (unpaired) electrons. The second kappa shape index (κ2) is 5.52. The normalized spacial score (nSPS) is 27.5. The highest BCUT2D eigenvalue weighted by atomic mass is 32.1. The van der Waals surface area contributed by atoms with Gasteiger partial charge in [0.15, 0.2) is 0 Å². The van der Waals surface area contributed by atoms with Gasteiger partial charge in [-0.2, -0.15) is 0 Å². The first-order valence-electron chi connectivity index (χ1n) is 6.94. The molecule has 2 saturated heterocycles. The summed E-state index contributed by atoms with van der Waals surface area (Å²) in [5.74, 6) is 0. The summed E-state index contributed by atoms with van der Waals surface area (Å²) in [6, 6.07) is 0. The molecule has 3 rings (SSSR count). The highest BCUT2D eigenvalue weighted by Gasteiger charge is 2.35. The van der Waals surface area contributed by atoms with Gasteiger partial charge in [0.25, 0.3) is 0 Å². The first kappa shape index (κ1) is 13.6. The molecule has 0 N–H and O–H groups in total. The molecule has 6 heteroatoms. The molecule has 0 aromatic carbocycles. The van der Waals surface area contributed by atoms with Crippen LogP contribution in [0.4, 0.5) is 0 Å². The van der Waals surface area contributed by atoms with E-state index in [-0.39, 0.29) is 18.6 Å². The Morgan fingerprint density at radius 3 is 2.79 bits per heavy atom. The van der Waals surface area contributed by atoms with Gasteiger partial charge >= 0.3 is 7.12 Å². The number of rotatable bonds is 2. The molecular formula is C13H20BNO3S. The zero-order valence-corrected chi connectivity index (χ0v) is 12.4. The van der Waals surface area contributed by atoms with E-state index in [4.69, 9.17) is 14.0 Å². The van der Waals surface area contributed by atoms with Gasteiger partial charge in [0.2, 0.25) is 0 Å². The van der Waals surface area contributed by atoms with E-state index >= 15 is 0 Å². The van der Waals surface area contributed by atoms with Crippen LogP contribution < -0.4 is 4.78 Å². The first-order chi connectivity index (χ1) is 9.14. The number of hydrogen-bond acceptors (Lipinski definition) is 5. The fourth-order valence-electron chi connectivity index (χ4n) is 2.35. The van der Waals surface area contributed by atoms with E-state index in [1.165, 1.54) is 12.8 Å². The Balaban J connectivity index is 1.64. The summed E-state index contributed by atoms with van der Waals surface area (Å²) >= 11 is 1.66. The van der Waals surface area contributed by atoms with Crippen molar-refractivity contribution < 1.29 is 14.0 Å². The molecule has 2 aliphatic heterocycles. The van der Waals surface area contributed by atoms with E-state index in [0.29, 0.717) is 0 Å². The van der Waals surface area contributed by atoms with E-state index in [1.807, 2.05) is 6.20 Å². The fourth-order valence-corrected chi connectivity index (χ4v) is 3.35. The Morgan fingerprint density at radius 2 is 2.11 bits per heavy atom. The van der Waals surface area contributed by atoms with Crippen molar-refractivity contribution in [1.82, 2.24) is 4.98 Å². The van der Waals surface area contributed by atoms with E-state index in [1.54, 1.807) is 11.3 Å². The topological polar surface area (TPSA) is 40.6 Å². The van der Waals surface area contributed by atoms with Gasteiger partial charge in [-0.3, -0.25) is 0 Å². The third-order valence-electron chi connectivity index (χ3n) is 3.48. The Labute approximate surface area is 118 Å². The van der Waals surface area contributed by atoms with Gasteiger partial charge in [-0.15, -0.1) is 11.3 Å². The van der Waals surface area contributed by atoms with Crippen LogP contribution in [0.1, 0.15) is 44.2 Å². The van der Waals surface area contributed by atoms with Crippen LogP contribution in [-0.4, -0.2) is 31.9 Å². The second-order valence-electron chi connectivity index (χ2n) is 6.07. The van der Waals surface area contributed by atoms with Crippen LogP contribution in [-0.2, 0) is 14.0 Å². The molecule has 3 heterocycles. The van der Waals surface area contributed by atoms with Gasteiger partial charge in [-0.05, 0) is 19.3 Å². The molecular weight excluding hydrogens is 261 g/mol. The molecule has 4 nitrogen and oxygen atoms in total. The zero-order valence-electron chi connectivity index (χ0n) is 11.6. The number of ether oxygens (including phenoxy) is 1. The molecule has 2 fully saturated rings. The smallest absolute Gasteiger partial charge is 0.406 e. The van der Waals surface area contributed by atoms with E-state index < -0.39 is 0 Å². The Hall–Kier alpha value is -0.425. The lowest BCUT2D eigenvalue weighted by Crippen LogP contribution is -2.46. The van der Waals surface area contributed by atoms with E-state index in [2.05, 4.69) is 18.8 Å². The van der Waals surface area contributed by atoms with E-state index in [9.17, 15) is 0 Å². The van der Waals surface area contributed by atoms with Crippen molar-refractivity contribution in [3.63, 3.8) is 0 Å². The number of aromatic nitrogens is 1. The fraction of sp³-hybridized carbons (Fsp3) is 0.769. The van der Waals surface area contributed by atoms with Crippen molar-refractivity contribution in [2.24, 2.45) is 5.41 Å². The van der Waals surface area contributed by atoms with Crippen molar-refractivity contribution in [1.29, 1.82) is 0 Å². The predicted octanol–water partition coefficient (Wildman–Crippen LogP) is 2.15. The van der Waals surface area contributed by atoms with Gasteiger partial charge in [-0.1, -0.05) is 13.8 Å². The minimum absolute atomic E-state index is 0.108. The lowest BCUT2D eigenvalue weighted by Gasteiger charge is -2.32. The monoisotopic (exact) mass is 281 g/mol. The molecule has 0 amide bonds. The highest BCUT2D eigenvalue weighted by Crippen LogP contribution is 2.29. The summed E-state index contributed by atoms with van der Waals surface area (Å²) < 4.78 is 18.4. The lowest BCUT2D eigenvalue weighted by molar-refractivity contribution is 0.0148. The molecule has 104 valence electrons. The average Bonchev–Trinajstić information content (AvgIpc) is 2.89. The molecule has 0 spiro atoms. The van der Waals surface area contributed by atoms with Crippen LogP contribution in [0.25, 0.3) is 0 Å². The van der Waals surface area contributed by atoms with Crippen LogP contribution >= 0.6 is 11.3 Å². The van der Waals surface area contributed by atoms with Crippen molar-refractivity contribution >= 4 is 23.2 Å². The molecule has 1 aromatic rings. The minimum atomic E-state index is -0.247. The quantitative estimate of drug-likeness (QED) is 0.779. The Morgan fingerprint density at radius 1 is 1.32 bits per heavy atom. The summed E-state index contributed by atoms with van der Waals surface area (Å²) in [6.45, 7) is 6.61. The predicted molar refractivity (Wildman–Crippen MR) is 75.7 cm³/mol. The summed E-state index contributed by atoms with van der Waals surface area (Å²) in [6.07, 6.45) is 5.52. The molecule has 1 aromatic heterocycles. The summed E-state index contributed by atoms with van der Waals surface area (Å²) in [4.78, 5) is 4.48. The molecule has 0 aliphatic carbocycles. The van der Waals surface area contributed by atoms with Gasteiger partial charge < -0.3 is 14.0 Å². The average molecular weight is 281 g/mol. The lowest BCUT2D eigenvalue weighted by atomic mass is 9.83. The highest BCUT2D eigenvalue weighted by molar-refractivity contribution is 7.22. The first-order valence-corrected chi connectivity index (χ1v) is 7.76. The van der Waals surface area contributed by atoms with Gasteiger partial charge in [0.05, 0.1) is 4.78 Å². The molecule has 1 unspecified atom stereocenters. The van der Waals surface area contributed by atoms with Crippen LogP contribution in [0, 0.1) is 5.41 Å². The van der Waals surface area contributed by atoms with Crippen molar-refractivity contribution in [3.05, 3.63) is 11.2 Å². The van der Waals surface area contributed by atoms with Gasteiger partial charge in [0, 0.05) is 31.4 Å². The van der Waals surface area contributed by atoms with E-state index in [0.717, 1.165) is 36.0 Å². The SMILES string of the molecule is CC1(C)COB(c2cnc(C3CCCCO3)s2)OC1. The van der Waals surface area contributed by atoms with Crippen molar-refractivity contribution in [2.75, 3.05) is 19.8 Å². The second-order valence-corrected chi connectivity index (χ2v) is 7.17. The van der Waals surface area contributed by atoms with Gasteiger partial charge in [-0.25, -0.2) is 4.98 Å². The molecule has 19 heavy (non-hydrogen) atoms. The maximum Gasteiger partial charge on any atom is 0.506 e. The minimum Gasteiger partial charge on any atom is -0.406 e. The number of hydrogen-bond donors (Lipinski definition) is 0. The summed E-state index contributed by atoms with van der Waals surface area (Å²) in [5.41, 5.74) is 0.108. The number of thiazole rings is 1. The molecule has 2 aliphatic rings. The zero-order chi connectivity index (χ0) is 13.3. The summed E-state index contributed by atoms with van der Waals surface area (Å²) in [5, 5.41) is 1.06. The third kappa shape index (κ3) is 3.19. The third-order valence-corrected chi connectivity index (χ3v) is 4.59.